The van der Waals surface area contributed by atoms with Crippen LogP contribution in [0.2, 0.25) is 0 Å². The second-order valence-corrected chi connectivity index (χ2v) is 5.18. The highest BCUT2D eigenvalue weighted by Gasteiger charge is 2.18. The largest absolute Gasteiger partial charge is 0.303 e. The quantitative estimate of drug-likeness (QED) is 0.747. The zero-order valence-corrected chi connectivity index (χ0v) is 10.8. The fourth-order valence-electron chi connectivity index (χ4n) is 2.70. The summed E-state index contributed by atoms with van der Waals surface area (Å²) < 4.78 is 0. The van der Waals surface area contributed by atoms with Crippen LogP contribution in [-0.2, 0) is 6.42 Å². The van der Waals surface area contributed by atoms with Crippen molar-refractivity contribution in [2.24, 2.45) is 5.92 Å². The van der Waals surface area contributed by atoms with Gasteiger partial charge in [0.1, 0.15) is 0 Å². The van der Waals surface area contributed by atoms with Gasteiger partial charge in [0.25, 0.3) is 0 Å². The maximum atomic E-state index is 3.91. The third-order valence-electron chi connectivity index (χ3n) is 3.80. The number of nitrogens with zero attached hydrogens (tertiary/aromatic N) is 1. The highest BCUT2D eigenvalue weighted by molar-refractivity contribution is 5.15. The van der Waals surface area contributed by atoms with Gasteiger partial charge in [0.2, 0.25) is 0 Å². The number of likely N-dealkylation sites (tertiary alicyclic amines) is 1. The lowest BCUT2D eigenvalue weighted by molar-refractivity contribution is 0.182. The van der Waals surface area contributed by atoms with Crippen molar-refractivity contribution in [2.75, 3.05) is 19.6 Å². The van der Waals surface area contributed by atoms with E-state index >= 15 is 0 Å². The number of hydrogen-bond donors (Lipinski definition) is 0. The molecule has 0 spiro atoms. The Hall–Kier alpha value is -0.820. The molecule has 1 aromatic rings. The molecule has 1 aromatic carbocycles. The monoisotopic (exact) mass is 230 g/mol. The van der Waals surface area contributed by atoms with Crippen molar-refractivity contribution in [3.63, 3.8) is 0 Å². The van der Waals surface area contributed by atoms with Crippen molar-refractivity contribution in [3.8, 4) is 0 Å². The van der Waals surface area contributed by atoms with Crippen LogP contribution in [0.3, 0.4) is 0 Å². The summed E-state index contributed by atoms with van der Waals surface area (Å²) >= 11 is 0. The minimum Gasteiger partial charge on any atom is -0.303 e. The standard InChI is InChI=1S/C16H24N/c1-2-3-11-17-12-9-16(10-13-17)14-15-7-5-4-6-8-15/h4-8,16H,1-3,9-14H2. The van der Waals surface area contributed by atoms with Crippen LogP contribution in [0, 0.1) is 12.8 Å². The Balaban J connectivity index is 1.72. The first-order valence-electron chi connectivity index (χ1n) is 6.94. The van der Waals surface area contributed by atoms with E-state index in [1.807, 2.05) is 0 Å². The van der Waals surface area contributed by atoms with Gasteiger partial charge >= 0.3 is 0 Å². The molecule has 93 valence electrons. The van der Waals surface area contributed by atoms with Gasteiger partial charge < -0.3 is 4.90 Å². The molecule has 2 rings (SSSR count). The number of piperidine rings is 1. The molecule has 1 aliphatic heterocycles. The first kappa shape index (κ1) is 12.6. The Morgan fingerprint density at radius 1 is 1.12 bits per heavy atom. The van der Waals surface area contributed by atoms with Crippen LogP contribution in [0.25, 0.3) is 0 Å². The maximum Gasteiger partial charge on any atom is -0.00160 e. The zero-order valence-electron chi connectivity index (χ0n) is 10.8. The van der Waals surface area contributed by atoms with Gasteiger partial charge in [-0.2, -0.15) is 0 Å². The van der Waals surface area contributed by atoms with Gasteiger partial charge in [-0.3, -0.25) is 0 Å². The van der Waals surface area contributed by atoms with Crippen molar-refractivity contribution in [2.45, 2.75) is 32.1 Å². The summed E-state index contributed by atoms with van der Waals surface area (Å²) in [6.45, 7) is 7.74. The molecule has 17 heavy (non-hydrogen) atoms. The molecular formula is C16H24N. The van der Waals surface area contributed by atoms with Crippen molar-refractivity contribution in [1.82, 2.24) is 4.90 Å². The summed E-state index contributed by atoms with van der Waals surface area (Å²) in [5.41, 5.74) is 1.50. The van der Waals surface area contributed by atoms with Crippen molar-refractivity contribution in [1.29, 1.82) is 0 Å². The Morgan fingerprint density at radius 2 is 1.82 bits per heavy atom. The summed E-state index contributed by atoms with van der Waals surface area (Å²) in [4.78, 5) is 2.60. The number of hydrogen-bond acceptors (Lipinski definition) is 1. The van der Waals surface area contributed by atoms with E-state index in [4.69, 9.17) is 0 Å². The molecule has 1 nitrogen and oxygen atoms in total. The third-order valence-corrected chi connectivity index (χ3v) is 3.80. The average molecular weight is 230 g/mol. The van der Waals surface area contributed by atoms with Crippen molar-refractivity contribution in [3.05, 3.63) is 42.8 Å². The number of benzene rings is 1. The summed E-state index contributed by atoms with van der Waals surface area (Å²) in [5, 5.41) is 0. The smallest absolute Gasteiger partial charge is 0.00160 e. The minimum absolute atomic E-state index is 0.897. The van der Waals surface area contributed by atoms with E-state index in [1.54, 1.807) is 0 Å². The predicted octanol–water partition coefficient (Wildman–Crippen LogP) is 3.56. The van der Waals surface area contributed by atoms with Gasteiger partial charge in [0.05, 0.1) is 0 Å². The fraction of sp³-hybridized carbons (Fsp3) is 0.562. The third kappa shape index (κ3) is 4.16. The molecule has 1 heteroatoms. The van der Waals surface area contributed by atoms with Gasteiger partial charge in [0.15, 0.2) is 0 Å². The lowest BCUT2D eigenvalue weighted by Gasteiger charge is -2.31. The maximum absolute atomic E-state index is 3.91. The van der Waals surface area contributed by atoms with E-state index in [2.05, 4.69) is 42.2 Å². The molecule has 0 bridgehead atoms. The predicted molar refractivity (Wildman–Crippen MR) is 73.9 cm³/mol. The van der Waals surface area contributed by atoms with Crippen molar-refractivity contribution < 1.29 is 0 Å². The van der Waals surface area contributed by atoms with Crippen LogP contribution in [0.4, 0.5) is 0 Å². The topological polar surface area (TPSA) is 3.24 Å². The lowest BCUT2D eigenvalue weighted by atomic mass is 9.90. The molecule has 0 unspecified atom stereocenters. The Kier molecular flexibility index (Phi) is 5.06. The molecule has 0 atom stereocenters. The van der Waals surface area contributed by atoms with Crippen LogP contribution >= 0.6 is 0 Å². The molecule has 0 amide bonds. The van der Waals surface area contributed by atoms with Crippen LogP contribution in [0.5, 0.6) is 0 Å². The molecule has 0 saturated carbocycles. The van der Waals surface area contributed by atoms with Gasteiger partial charge in [-0.15, -0.1) is 0 Å². The van der Waals surface area contributed by atoms with Gasteiger partial charge in [-0.1, -0.05) is 43.7 Å². The number of rotatable bonds is 5. The van der Waals surface area contributed by atoms with E-state index < -0.39 is 0 Å². The van der Waals surface area contributed by atoms with Crippen LogP contribution < -0.4 is 0 Å². The molecule has 1 fully saturated rings. The SMILES string of the molecule is [CH2]CCCN1CCC(Cc2ccccc2)CC1. The summed E-state index contributed by atoms with van der Waals surface area (Å²) in [6.07, 6.45) is 6.33. The van der Waals surface area contributed by atoms with E-state index in [-0.39, 0.29) is 0 Å². The minimum atomic E-state index is 0.897. The average Bonchev–Trinajstić information content (AvgIpc) is 2.39. The summed E-state index contributed by atoms with van der Waals surface area (Å²) in [5.74, 6) is 0.897. The van der Waals surface area contributed by atoms with Crippen molar-refractivity contribution >= 4 is 0 Å². The molecule has 0 aromatic heterocycles. The summed E-state index contributed by atoms with van der Waals surface area (Å²) in [6, 6.07) is 10.9. The molecule has 0 N–H and O–H groups in total. The second-order valence-electron chi connectivity index (χ2n) is 5.18. The normalized spacial score (nSPS) is 18.4. The second kappa shape index (κ2) is 6.80. The first-order chi connectivity index (χ1) is 8.38. The zero-order chi connectivity index (χ0) is 11.9. The van der Waals surface area contributed by atoms with Gasteiger partial charge in [0, 0.05) is 0 Å². The molecule has 1 heterocycles. The molecule has 1 radical (unpaired) electrons. The fourth-order valence-corrected chi connectivity index (χ4v) is 2.70. The van der Waals surface area contributed by atoms with E-state index in [0.717, 1.165) is 12.3 Å². The molecule has 1 saturated heterocycles. The van der Waals surface area contributed by atoms with Crippen LogP contribution in [-0.4, -0.2) is 24.5 Å². The lowest BCUT2D eigenvalue weighted by Crippen LogP contribution is -2.34. The van der Waals surface area contributed by atoms with Crippen LogP contribution in [0.1, 0.15) is 31.2 Å². The molecule has 0 aliphatic carbocycles. The van der Waals surface area contributed by atoms with E-state index in [1.165, 1.54) is 50.9 Å². The Bertz CT molecular complexity index is 299. The Morgan fingerprint density at radius 3 is 2.47 bits per heavy atom. The van der Waals surface area contributed by atoms with Gasteiger partial charge in [-0.25, -0.2) is 0 Å². The first-order valence-corrected chi connectivity index (χ1v) is 6.94. The number of unbranched alkanes of at least 4 members (excludes halogenated alkanes) is 1. The van der Waals surface area contributed by atoms with E-state index in [9.17, 15) is 0 Å². The molecule has 1 aliphatic rings. The highest BCUT2D eigenvalue weighted by atomic mass is 15.1. The Labute approximate surface area is 106 Å². The molecular weight excluding hydrogens is 206 g/mol. The van der Waals surface area contributed by atoms with Crippen LogP contribution in [0.15, 0.2) is 30.3 Å². The van der Waals surface area contributed by atoms with E-state index in [0.29, 0.717) is 0 Å². The summed E-state index contributed by atoms with van der Waals surface area (Å²) in [7, 11) is 0. The highest BCUT2D eigenvalue weighted by Crippen LogP contribution is 2.21. The van der Waals surface area contributed by atoms with Gasteiger partial charge in [-0.05, 0) is 56.8 Å².